The maximum Gasteiger partial charge on any atom is 0.211 e. The Bertz CT molecular complexity index is 241. The molecular weight excluding hydrogens is 202 g/mol. The Balaban J connectivity index is 3.49. The van der Waals surface area contributed by atoms with Crippen molar-refractivity contribution in [2.24, 2.45) is 0 Å². The molecule has 0 rings (SSSR count). The maximum absolute atomic E-state index is 11.0. The Kier molecular flexibility index (Phi) is 5.63. The lowest BCUT2D eigenvalue weighted by Gasteiger charge is -2.19. The van der Waals surface area contributed by atoms with E-state index < -0.39 is 10.0 Å². The average Bonchev–Trinajstić information content (AvgIpc) is 2.01. The molecule has 0 aliphatic heterocycles. The van der Waals surface area contributed by atoms with Gasteiger partial charge in [0, 0.05) is 13.2 Å². The lowest BCUT2D eigenvalue weighted by atomic mass is 10.2. The third-order valence-corrected chi connectivity index (χ3v) is 2.96. The molecule has 0 unspecified atom stereocenters. The van der Waals surface area contributed by atoms with E-state index >= 15 is 0 Å². The maximum atomic E-state index is 11.0. The number of hydrogen-bond acceptors (Lipinski definition) is 3. The monoisotopic (exact) mass is 223 g/mol. The van der Waals surface area contributed by atoms with Gasteiger partial charge in [-0.25, -0.2) is 13.1 Å². The van der Waals surface area contributed by atoms with Crippen molar-refractivity contribution < 1.29 is 13.2 Å². The fourth-order valence-electron chi connectivity index (χ4n) is 0.780. The molecule has 0 spiro atoms. The molecule has 0 bridgehead atoms. The van der Waals surface area contributed by atoms with E-state index in [0.29, 0.717) is 19.6 Å². The number of sulfonamides is 1. The Hall–Kier alpha value is -0.130. The molecule has 14 heavy (non-hydrogen) atoms. The van der Waals surface area contributed by atoms with Crippen molar-refractivity contribution in [1.29, 1.82) is 0 Å². The van der Waals surface area contributed by atoms with Crippen molar-refractivity contribution in [3.05, 3.63) is 0 Å². The first-order valence-corrected chi connectivity index (χ1v) is 6.53. The average molecular weight is 223 g/mol. The minimum atomic E-state index is -3.04. The van der Waals surface area contributed by atoms with E-state index in [1.54, 1.807) is 6.92 Å². The van der Waals surface area contributed by atoms with Crippen molar-refractivity contribution in [2.75, 3.05) is 18.9 Å². The molecule has 86 valence electrons. The molecule has 0 radical (unpaired) electrons. The first-order chi connectivity index (χ1) is 6.27. The molecule has 0 aromatic rings. The van der Waals surface area contributed by atoms with Crippen LogP contribution >= 0.6 is 0 Å². The zero-order valence-corrected chi connectivity index (χ0v) is 10.3. The molecule has 0 saturated heterocycles. The van der Waals surface area contributed by atoms with Crippen LogP contribution in [0, 0.1) is 0 Å². The summed E-state index contributed by atoms with van der Waals surface area (Å²) in [5.41, 5.74) is -0.149. The van der Waals surface area contributed by atoms with Crippen molar-refractivity contribution in [2.45, 2.75) is 39.7 Å². The highest BCUT2D eigenvalue weighted by Crippen LogP contribution is 2.06. The Morgan fingerprint density at radius 1 is 1.29 bits per heavy atom. The van der Waals surface area contributed by atoms with E-state index in [0.717, 1.165) is 0 Å². The number of nitrogens with one attached hydrogen (secondary N) is 1. The largest absolute Gasteiger partial charge is 0.376 e. The molecule has 0 heterocycles. The summed E-state index contributed by atoms with van der Waals surface area (Å²) < 4.78 is 29.9. The van der Waals surface area contributed by atoms with Crippen molar-refractivity contribution >= 4 is 10.0 Å². The van der Waals surface area contributed by atoms with E-state index in [4.69, 9.17) is 4.74 Å². The smallest absolute Gasteiger partial charge is 0.211 e. The van der Waals surface area contributed by atoms with E-state index in [-0.39, 0.29) is 11.4 Å². The summed E-state index contributed by atoms with van der Waals surface area (Å²) in [7, 11) is -3.04. The predicted molar refractivity (Wildman–Crippen MR) is 57.8 cm³/mol. The van der Waals surface area contributed by atoms with Crippen LogP contribution in [0.25, 0.3) is 0 Å². The van der Waals surface area contributed by atoms with E-state index in [9.17, 15) is 8.42 Å². The second kappa shape index (κ2) is 5.68. The fourth-order valence-corrected chi connectivity index (χ4v) is 1.44. The minimum Gasteiger partial charge on any atom is -0.376 e. The summed E-state index contributed by atoms with van der Waals surface area (Å²) in [6, 6.07) is 0. The van der Waals surface area contributed by atoms with Crippen LogP contribution < -0.4 is 4.72 Å². The molecule has 4 nitrogen and oxygen atoms in total. The fraction of sp³-hybridized carbons (Fsp3) is 1.00. The van der Waals surface area contributed by atoms with Crippen molar-refractivity contribution in [3.8, 4) is 0 Å². The van der Waals surface area contributed by atoms with Crippen molar-refractivity contribution in [3.63, 3.8) is 0 Å². The summed E-state index contributed by atoms with van der Waals surface area (Å²) in [5.74, 6) is 0.132. The first kappa shape index (κ1) is 13.9. The van der Waals surface area contributed by atoms with Gasteiger partial charge in [-0.1, -0.05) is 0 Å². The first-order valence-electron chi connectivity index (χ1n) is 4.88. The van der Waals surface area contributed by atoms with Gasteiger partial charge in [0.15, 0.2) is 0 Å². The molecule has 1 N–H and O–H groups in total. The van der Waals surface area contributed by atoms with E-state index in [2.05, 4.69) is 4.72 Å². The van der Waals surface area contributed by atoms with Gasteiger partial charge in [-0.3, -0.25) is 0 Å². The lowest BCUT2D eigenvalue weighted by molar-refractivity contribution is -0.00336. The summed E-state index contributed by atoms with van der Waals surface area (Å²) >= 11 is 0. The molecule has 0 aliphatic rings. The molecule has 5 heteroatoms. The van der Waals surface area contributed by atoms with Crippen LogP contribution in [0.1, 0.15) is 34.1 Å². The molecular formula is C9H21NO3S. The zero-order chi connectivity index (χ0) is 11.2. The highest BCUT2D eigenvalue weighted by molar-refractivity contribution is 7.89. The molecule has 0 aromatic heterocycles. The molecule has 0 aliphatic carbocycles. The molecule has 0 saturated carbocycles. The van der Waals surface area contributed by atoms with Crippen LogP contribution in [0.5, 0.6) is 0 Å². The van der Waals surface area contributed by atoms with Crippen LogP contribution in [-0.2, 0) is 14.8 Å². The SMILES string of the molecule is CCS(=O)(=O)NCCCOC(C)(C)C. The second-order valence-corrected chi connectivity index (χ2v) is 6.21. The molecule has 0 aromatic carbocycles. The molecule has 0 atom stereocenters. The van der Waals surface area contributed by atoms with Gasteiger partial charge in [0.05, 0.1) is 11.4 Å². The summed E-state index contributed by atoms with van der Waals surface area (Å²) in [6.45, 7) is 8.58. The topological polar surface area (TPSA) is 55.4 Å². The minimum absolute atomic E-state index is 0.132. The Morgan fingerprint density at radius 2 is 1.86 bits per heavy atom. The number of rotatable bonds is 6. The quantitative estimate of drug-likeness (QED) is 0.687. The summed E-state index contributed by atoms with van der Waals surface area (Å²) in [5, 5.41) is 0. The van der Waals surface area contributed by atoms with Gasteiger partial charge in [-0.05, 0) is 34.1 Å². The van der Waals surface area contributed by atoms with E-state index in [1.165, 1.54) is 0 Å². The summed E-state index contributed by atoms with van der Waals surface area (Å²) in [4.78, 5) is 0. The van der Waals surface area contributed by atoms with Crippen LogP contribution in [0.4, 0.5) is 0 Å². The van der Waals surface area contributed by atoms with Gasteiger partial charge in [0.1, 0.15) is 0 Å². The van der Waals surface area contributed by atoms with Crippen LogP contribution in [0.15, 0.2) is 0 Å². The zero-order valence-electron chi connectivity index (χ0n) is 9.46. The normalized spacial score (nSPS) is 13.1. The van der Waals surface area contributed by atoms with Crippen molar-refractivity contribution in [1.82, 2.24) is 4.72 Å². The van der Waals surface area contributed by atoms with Gasteiger partial charge in [-0.15, -0.1) is 0 Å². The van der Waals surface area contributed by atoms with Gasteiger partial charge in [0.2, 0.25) is 10.0 Å². The number of hydrogen-bond donors (Lipinski definition) is 1. The highest BCUT2D eigenvalue weighted by atomic mass is 32.2. The van der Waals surface area contributed by atoms with Gasteiger partial charge in [-0.2, -0.15) is 0 Å². The molecule has 0 fully saturated rings. The predicted octanol–water partition coefficient (Wildman–Crippen LogP) is 1.13. The standard InChI is InChI=1S/C9H21NO3S/c1-5-14(11,12)10-7-6-8-13-9(2,3)4/h10H,5-8H2,1-4H3. The van der Waals surface area contributed by atoms with Gasteiger partial charge in [0.25, 0.3) is 0 Å². The third-order valence-electron chi connectivity index (χ3n) is 1.56. The van der Waals surface area contributed by atoms with Crippen LogP contribution in [-0.4, -0.2) is 32.9 Å². The van der Waals surface area contributed by atoms with Gasteiger partial charge >= 0.3 is 0 Å². The molecule has 0 amide bonds. The Labute approximate surface area is 87.1 Å². The number of ether oxygens (including phenoxy) is 1. The van der Waals surface area contributed by atoms with Gasteiger partial charge < -0.3 is 4.74 Å². The second-order valence-electron chi connectivity index (χ2n) is 4.11. The Morgan fingerprint density at radius 3 is 2.29 bits per heavy atom. The summed E-state index contributed by atoms with van der Waals surface area (Å²) in [6.07, 6.45) is 0.705. The van der Waals surface area contributed by atoms with Crippen LogP contribution in [0.2, 0.25) is 0 Å². The highest BCUT2D eigenvalue weighted by Gasteiger charge is 2.09. The lowest BCUT2D eigenvalue weighted by Crippen LogP contribution is -2.28. The van der Waals surface area contributed by atoms with Crippen LogP contribution in [0.3, 0.4) is 0 Å². The van der Waals surface area contributed by atoms with E-state index in [1.807, 2.05) is 20.8 Å². The third kappa shape index (κ3) is 8.47.